The van der Waals surface area contributed by atoms with Gasteiger partial charge in [-0.1, -0.05) is 19.9 Å². The van der Waals surface area contributed by atoms with Crippen molar-refractivity contribution >= 4 is 0 Å². The minimum Gasteiger partial charge on any atom is -0.493 e. The van der Waals surface area contributed by atoms with Crippen LogP contribution < -0.4 is 14.8 Å². The van der Waals surface area contributed by atoms with Gasteiger partial charge >= 0.3 is 0 Å². The normalized spacial score (nSPS) is 21.5. The highest BCUT2D eigenvalue weighted by Crippen LogP contribution is 2.30. The molecule has 1 saturated carbocycles. The Hall–Kier alpha value is -1.26. The van der Waals surface area contributed by atoms with E-state index >= 15 is 0 Å². The van der Waals surface area contributed by atoms with Crippen LogP contribution in [0, 0.1) is 0 Å². The molecule has 21 heavy (non-hydrogen) atoms. The number of nitrogens with one attached hydrogen (secondary N) is 1. The summed E-state index contributed by atoms with van der Waals surface area (Å²) < 4.78 is 11.8. The number of hydrogen-bond acceptors (Lipinski definition) is 4. The maximum absolute atomic E-state index is 9.96. The molecule has 0 spiro atoms. The van der Waals surface area contributed by atoms with E-state index in [2.05, 4.69) is 19.2 Å². The van der Waals surface area contributed by atoms with Crippen molar-refractivity contribution in [1.29, 1.82) is 0 Å². The van der Waals surface area contributed by atoms with Crippen molar-refractivity contribution < 1.29 is 14.6 Å². The summed E-state index contributed by atoms with van der Waals surface area (Å²) in [5.74, 6) is 1.66. The summed E-state index contributed by atoms with van der Waals surface area (Å²) in [6.07, 6.45) is 3.32. The van der Waals surface area contributed by atoms with Crippen molar-refractivity contribution in [2.24, 2.45) is 0 Å². The van der Waals surface area contributed by atoms with Crippen LogP contribution in [0.4, 0.5) is 0 Å². The Kier molecular flexibility index (Phi) is 6.33. The smallest absolute Gasteiger partial charge is 0.128 e. The first kappa shape index (κ1) is 16.1. The van der Waals surface area contributed by atoms with E-state index in [1.165, 1.54) is 0 Å². The lowest BCUT2D eigenvalue weighted by atomic mass is 10.1. The summed E-state index contributed by atoms with van der Waals surface area (Å²) >= 11 is 0. The van der Waals surface area contributed by atoms with Gasteiger partial charge < -0.3 is 19.9 Å². The molecule has 2 atom stereocenters. The van der Waals surface area contributed by atoms with E-state index in [4.69, 9.17) is 9.47 Å². The lowest BCUT2D eigenvalue weighted by Crippen LogP contribution is -2.26. The van der Waals surface area contributed by atoms with Gasteiger partial charge in [0.2, 0.25) is 0 Å². The number of rotatable bonds is 8. The third kappa shape index (κ3) is 4.61. The van der Waals surface area contributed by atoms with E-state index in [1.54, 1.807) is 0 Å². The standard InChI is InChI=1S/C17H27NO3/c1-3-10-20-14-9-8-13(12-18-4-2)17(11-14)21-16-7-5-6-15(16)19/h8-9,11,15-16,18-19H,3-7,10,12H2,1-2H3. The Labute approximate surface area is 127 Å². The fourth-order valence-corrected chi connectivity index (χ4v) is 2.57. The summed E-state index contributed by atoms with van der Waals surface area (Å²) in [7, 11) is 0. The van der Waals surface area contributed by atoms with E-state index in [0.717, 1.165) is 55.8 Å². The second-order valence-corrected chi connectivity index (χ2v) is 5.55. The molecule has 2 rings (SSSR count). The van der Waals surface area contributed by atoms with E-state index in [1.807, 2.05) is 18.2 Å². The summed E-state index contributed by atoms with van der Waals surface area (Å²) in [4.78, 5) is 0. The fourth-order valence-electron chi connectivity index (χ4n) is 2.57. The summed E-state index contributed by atoms with van der Waals surface area (Å²) in [6, 6.07) is 5.98. The van der Waals surface area contributed by atoms with Crippen LogP contribution in [-0.4, -0.2) is 30.5 Å². The van der Waals surface area contributed by atoms with Gasteiger partial charge in [0.25, 0.3) is 0 Å². The minimum atomic E-state index is -0.350. The van der Waals surface area contributed by atoms with Crippen LogP contribution in [0.5, 0.6) is 11.5 Å². The SMILES string of the molecule is CCCOc1ccc(CNCC)c(OC2CCCC2O)c1. The maximum atomic E-state index is 9.96. The fraction of sp³-hybridized carbons (Fsp3) is 0.647. The van der Waals surface area contributed by atoms with Crippen LogP contribution >= 0.6 is 0 Å². The zero-order valence-electron chi connectivity index (χ0n) is 13.1. The van der Waals surface area contributed by atoms with Gasteiger partial charge in [0, 0.05) is 18.2 Å². The van der Waals surface area contributed by atoms with Crippen molar-refractivity contribution in [2.45, 2.75) is 58.3 Å². The molecule has 4 nitrogen and oxygen atoms in total. The first-order valence-corrected chi connectivity index (χ1v) is 8.05. The van der Waals surface area contributed by atoms with Gasteiger partial charge in [0.05, 0.1) is 12.7 Å². The molecule has 1 aromatic carbocycles. The van der Waals surface area contributed by atoms with Crippen LogP contribution in [-0.2, 0) is 6.54 Å². The third-order valence-electron chi connectivity index (χ3n) is 3.77. The zero-order valence-corrected chi connectivity index (χ0v) is 13.1. The van der Waals surface area contributed by atoms with Crippen LogP contribution in [0.2, 0.25) is 0 Å². The van der Waals surface area contributed by atoms with E-state index in [-0.39, 0.29) is 12.2 Å². The Morgan fingerprint density at radius 1 is 1.29 bits per heavy atom. The molecule has 2 N–H and O–H groups in total. The maximum Gasteiger partial charge on any atom is 0.128 e. The number of aliphatic hydroxyl groups is 1. The van der Waals surface area contributed by atoms with E-state index < -0.39 is 0 Å². The van der Waals surface area contributed by atoms with Crippen molar-refractivity contribution in [3.8, 4) is 11.5 Å². The number of ether oxygens (including phenoxy) is 2. The molecule has 0 aromatic heterocycles. The largest absolute Gasteiger partial charge is 0.493 e. The molecule has 0 bridgehead atoms. The molecular formula is C17H27NO3. The van der Waals surface area contributed by atoms with Gasteiger partial charge in [-0.3, -0.25) is 0 Å². The van der Waals surface area contributed by atoms with E-state index in [0.29, 0.717) is 6.61 Å². The van der Waals surface area contributed by atoms with Crippen LogP contribution in [0.15, 0.2) is 18.2 Å². The molecule has 118 valence electrons. The van der Waals surface area contributed by atoms with Crippen LogP contribution in [0.3, 0.4) is 0 Å². The van der Waals surface area contributed by atoms with Crippen molar-refractivity contribution in [1.82, 2.24) is 5.32 Å². The Morgan fingerprint density at radius 2 is 2.14 bits per heavy atom. The quantitative estimate of drug-likeness (QED) is 0.774. The number of aliphatic hydroxyl groups excluding tert-OH is 1. The van der Waals surface area contributed by atoms with Gasteiger partial charge in [0.1, 0.15) is 17.6 Å². The Morgan fingerprint density at radius 3 is 2.81 bits per heavy atom. The second-order valence-electron chi connectivity index (χ2n) is 5.55. The van der Waals surface area contributed by atoms with Gasteiger partial charge in [-0.15, -0.1) is 0 Å². The van der Waals surface area contributed by atoms with Gasteiger partial charge in [-0.25, -0.2) is 0 Å². The highest BCUT2D eigenvalue weighted by molar-refractivity contribution is 5.41. The van der Waals surface area contributed by atoms with E-state index in [9.17, 15) is 5.11 Å². The zero-order chi connectivity index (χ0) is 15.1. The second kappa shape index (κ2) is 8.25. The molecule has 0 radical (unpaired) electrons. The van der Waals surface area contributed by atoms with Crippen molar-refractivity contribution in [3.63, 3.8) is 0 Å². The average Bonchev–Trinajstić information content (AvgIpc) is 2.89. The predicted octanol–water partition coefficient (Wildman–Crippen LogP) is 2.88. The van der Waals surface area contributed by atoms with Crippen molar-refractivity contribution in [3.05, 3.63) is 23.8 Å². The molecule has 1 aromatic rings. The van der Waals surface area contributed by atoms with Crippen LogP contribution in [0.1, 0.15) is 45.1 Å². The first-order chi connectivity index (χ1) is 10.2. The molecule has 1 aliphatic rings. The summed E-state index contributed by atoms with van der Waals surface area (Å²) in [5, 5.41) is 13.3. The molecule has 0 aliphatic heterocycles. The lowest BCUT2D eigenvalue weighted by Gasteiger charge is -2.20. The molecule has 2 unspecified atom stereocenters. The molecule has 0 heterocycles. The van der Waals surface area contributed by atoms with Gasteiger partial charge in [-0.05, 0) is 38.3 Å². The molecule has 4 heteroatoms. The molecular weight excluding hydrogens is 266 g/mol. The third-order valence-corrected chi connectivity index (χ3v) is 3.77. The Balaban J connectivity index is 2.11. The van der Waals surface area contributed by atoms with Crippen molar-refractivity contribution in [2.75, 3.05) is 13.2 Å². The minimum absolute atomic E-state index is 0.0909. The highest BCUT2D eigenvalue weighted by Gasteiger charge is 2.27. The lowest BCUT2D eigenvalue weighted by molar-refractivity contribution is 0.0595. The van der Waals surface area contributed by atoms with Crippen LogP contribution in [0.25, 0.3) is 0 Å². The van der Waals surface area contributed by atoms with Gasteiger partial charge in [-0.2, -0.15) is 0 Å². The predicted molar refractivity (Wildman–Crippen MR) is 83.9 cm³/mol. The number of hydrogen-bond donors (Lipinski definition) is 2. The molecule has 1 aliphatic carbocycles. The summed E-state index contributed by atoms with van der Waals surface area (Å²) in [5.41, 5.74) is 1.11. The monoisotopic (exact) mass is 293 g/mol. The van der Waals surface area contributed by atoms with Gasteiger partial charge in [0.15, 0.2) is 0 Å². The Bertz CT molecular complexity index is 436. The molecule has 0 amide bonds. The molecule has 1 fully saturated rings. The highest BCUT2D eigenvalue weighted by atomic mass is 16.5. The molecule has 0 saturated heterocycles. The summed E-state index contributed by atoms with van der Waals surface area (Å²) in [6.45, 7) is 6.56. The average molecular weight is 293 g/mol. The number of benzene rings is 1. The topological polar surface area (TPSA) is 50.7 Å². The first-order valence-electron chi connectivity index (χ1n) is 8.05.